The van der Waals surface area contributed by atoms with Crippen molar-refractivity contribution < 1.29 is 14.3 Å². The standard InChI is InChI=1S/C25H25ClN4O3.C5H11N.C2H3N/c1-3-22(31)29-10-12-30(13-11-29)24-18-15-33-21(14-20(18)27-25(28-24)32-2)17-8-4-6-16-7-5-9-19(26)23(16)17;1-6-4-2-3-5-6;1-2-3/h3-9,21H,1,10-15H2,2H3;2-5H2,1H3;1H3. The van der Waals surface area contributed by atoms with Crippen LogP contribution in [0.1, 0.15) is 42.7 Å². The summed E-state index contributed by atoms with van der Waals surface area (Å²) in [7, 11) is 3.75. The molecule has 1 aromatic heterocycles. The fourth-order valence-electron chi connectivity index (χ4n) is 5.52. The molecule has 42 heavy (non-hydrogen) atoms. The highest BCUT2D eigenvalue weighted by molar-refractivity contribution is 6.35. The van der Waals surface area contributed by atoms with Crippen molar-refractivity contribution in [2.75, 3.05) is 58.3 Å². The van der Waals surface area contributed by atoms with Gasteiger partial charge >= 0.3 is 6.01 Å². The number of nitrogens with zero attached hydrogens (tertiary/aromatic N) is 6. The average Bonchev–Trinajstić information content (AvgIpc) is 3.51. The highest BCUT2D eigenvalue weighted by Gasteiger charge is 2.30. The van der Waals surface area contributed by atoms with Crippen LogP contribution in [-0.4, -0.2) is 79.1 Å². The number of carbonyl (C=O) groups is 1. The van der Waals surface area contributed by atoms with Gasteiger partial charge in [-0.2, -0.15) is 15.2 Å². The maximum absolute atomic E-state index is 11.9. The lowest BCUT2D eigenvalue weighted by Crippen LogP contribution is -2.49. The van der Waals surface area contributed by atoms with Crippen molar-refractivity contribution in [3.05, 3.63) is 70.9 Å². The van der Waals surface area contributed by atoms with E-state index < -0.39 is 0 Å². The molecule has 0 N–H and O–H groups in total. The van der Waals surface area contributed by atoms with E-state index in [9.17, 15) is 4.79 Å². The number of amides is 1. The number of benzene rings is 2. The molecule has 10 heteroatoms. The fraction of sp³-hybridized carbons (Fsp3) is 0.438. The molecule has 2 fully saturated rings. The number of aromatic nitrogens is 2. The van der Waals surface area contributed by atoms with Crippen molar-refractivity contribution in [2.45, 2.75) is 38.9 Å². The molecular weight excluding hydrogens is 552 g/mol. The first-order valence-electron chi connectivity index (χ1n) is 14.3. The minimum absolute atomic E-state index is 0.0446. The molecule has 222 valence electrons. The van der Waals surface area contributed by atoms with Gasteiger partial charge in [-0.1, -0.05) is 48.5 Å². The quantitative estimate of drug-likeness (QED) is 0.384. The van der Waals surface area contributed by atoms with Gasteiger partial charge in [-0.15, -0.1) is 0 Å². The maximum Gasteiger partial charge on any atom is 0.318 e. The Kier molecular flexibility index (Phi) is 11.1. The Balaban J connectivity index is 0.000000390. The number of fused-ring (bicyclic) bond motifs is 2. The number of rotatable bonds is 4. The number of nitriles is 1. The monoisotopic (exact) mass is 590 g/mol. The highest BCUT2D eigenvalue weighted by Crippen LogP contribution is 2.39. The fourth-order valence-corrected chi connectivity index (χ4v) is 5.81. The topological polar surface area (TPSA) is 94.8 Å². The van der Waals surface area contributed by atoms with Crippen molar-refractivity contribution in [3.8, 4) is 12.1 Å². The molecule has 3 aliphatic rings. The zero-order chi connectivity index (χ0) is 30.1. The SMILES string of the molecule is C=CC(=O)N1CCN(c2nc(OC)nc3c2COC(c2cccc4cccc(Cl)c24)C3)CC1.CC#N.CN1CCCC1. The highest BCUT2D eigenvalue weighted by atomic mass is 35.5. The Bertz CT molecular complexity index is 1420. The van der Waals surface area contributed by atoms with Crippen LogP contribution >= 0.6 is 11.6 Å². The maximum atomic E-state index is 11.9. The number of methoxy groups -OCH3 is 1. The molecule has 1 amide bonds. The van der Waals surface area contributed by atoms with Gasteiger partial charge in [0.2, 0.25) is 5.91 Å². The Hall–Kier alpha value is -3.71. The van der Waals surface area contributed by atoms with Crippen LogP contribution in [0, 0.1) is 11.3 Å². The lowest BCUT2D eigenvalue weighted by Gasteiger charge is -2.37. The molecule has 0 bridgehead atoms. The molecule has 1 atom stereocenters. The number of anilines is 1. The van der Waals surface area contributed by atoms with E-state index in [4.69, 9.17) is 26.3 Å². The summed E-state index contributed by atoms with van der Waals surface area (Å²) in [6.45, 7) is 10.6. The second-order valence-electron chi connectivity index (χ2n) is 10.4. The van der Waals surface area contributed by atoms with Gasteiger partial charge in [-0.05, 0) is 56.1 Å². The van der Waals surface area contributed by atoms with Gasteiger partial charge in [0.05, 0.1) is 31.6 Å². The molecule has 0 spiro atoms. The molecule has 2 aromatic carbocycles. The van der Waals surface area contributed by atoms with E-state index in [1.807, 2.05) is 18.2 Å². The molecule has 0 radical (unpaired) electrons. The molecular formula is C32H39ClN6O3. The van der Waals surface area contributed by atoms with Crippen molar-refractivity contribution >= 4 is 34.1 Å². The largest absolute Gasteiger partial charge is 0.467 e. The van der Waals surface area contributed by atoms with Gasteiger partial charge in [-0.25, -0.2) is 0 Å². The normalized spacial score (nSPS) is 18.1. The Morgan fingerprint density at radius 2 is 1.79 bits per heavy atom. The summed E-state index contributed by atoms with van der Waals surface area (Å²) in [6, 6.07) is 14.2. The summed E-state index contributed by atoms with van der Waals surface area (Å²) < 4.78 is 11.8. The molecule has 4 heterocycles. The van der Waals surface area contributed by atoms with Crippen LogP contribution in [0.2, 0.25) is 5.02 Å². The summed E-state index contributed by atoms with van der Waals surface area (Å²) in [5.41, 5.74) is 2.95. The Morgan fingerprint density at radius 1 is 1.12 bits per heavy atom. The summed E-state index contributed by atoms with van der Waals surface area (Å²) in [6.07, 6.45) is 4.61. The third-order valence-electron chi connectivity index (χ3n) is 7.67. The summed E-state index contributed by atoms with van der Waals surface area (Å²) in [5, 5.41) is 10.1. The summed E-state index contributed by atoms with van der Waals surface area (Å²) in [5.74, 6) is 0.772. The van der Waals surface area contributed by atoms with E-state index in [1.54, 1.807) is 18.1 Å². The zero-order valence-corrected chi connectivity index (χ0v) is 25.4. The first kappa shape index (κ1) is 31.2. The summed E-state index contributed by atoms with van der Waals surface area (Å²) in [4.78, 5) is 27.6. The second-order valence-corrected chi connectivity index (χ2v) is 10.8. The number of hydrogen-bond acceptors (Lipinski definition) is 8. The van der Waals surface area contributed by atoms with Crippen molar-refractivity contribution in [2.24, 2.45) is 0 Å². The van der Waals surface area contributed by atoms with Gasteiger partial charge in [0, 0.05) is 55.5 Å². The number of halogens is 1. The van der Waals surface area contributed by atoms with Crippen LogP contribution in [-0.2, 0) is 22.6 Å². The predicted octanol–water partition coefficient (Wildman–Crippen LogP) is 5.18. The van der Waals surface area contributed by atoms with Gasteiger partial charge < -0.3 is 24.2 Å². The van der Waals surface area contributed by atoms with E-state index in [2.05, 4.69) is 51.6 Å². The van der Waals surface area contributed by atoms with Crippen LogP contribution in [0.4, 0.5) is 5.82 Å². The zero-order valence-electron chi connectivity index (χ0n) is 24.7. The van der Waals surface area contributed by atoms with E-state index in [0.29, 0.717) is 50.2 Å². The van der Waals surface area contributed by atoms with E-state index >= 15 is 0 Å². The van der Waals surface area contributed by atoms with Gasteiger partial charge in [0.1, 0.15) is 5.82 Å². The van der Waals surface area contributed by atoms with Crippen LogP contribution < -0.4 is 9.64 Å². The molecule has 0 saturated carbocycles. The molecule has 1 unspecified atom stereocenters. The number of piperazine rings is 1. The Morgan fingerprint density at radius 3 is 2.38 bits per heavy atom. The molecule has 9 nitrogen and oxygen atoms in total. The van der Waals surface area contributed by atoms with Crippen molar-refractivity contribution in [1.82, 2.24) is 19.8 Å². The molecule has 6 rings (SSSR count). The number of carbonyl (C=O) groups excluding carboxylic acids is 1. The van der Waals surface area contributed by atoms with Crippen molar-refractivity contribution in [3.63, 3.8) is 0 Å². The summed E-state index contributed by atoms with van der Waals surface area (Å²) >= 11 is 6.56. The number of ether oxygens (including phenoxy) is 2. The smallest absolute Gasteiger partial charge is 0.318 e. The lowest BCUT2D eigenvalue weighted by molar-refractivity contribution is -0.126. The van der Waals surface area contributed by atoms with Crippen LogP contribution in [0.15, 0.2) is 49.1 Å². The third kappa shape index (κ3) is 7.37. The van der Waals surface area contributed by atoms with Gasteiger partial charge in [-0.3, -0.25) is 4.79 Å². The van der Waals surface area contributed by atoms with Gasteiger partial charge in [0.15, 0.2) is 0 Å². The molecule has 3 aromatic rings. The minimum atomic E-state index is -0.171. The third-order valence-corrected chi connectivity index (χ3v) is 7.98. The van der Waals surface area contributed by atoms with E-state index in [-0.39, 0.29) is 12.0 Å². The number of likely N-dealkylation sites (tertiary alicyclic amines) is 1. The number of hydrogen-bond donors (Lipinski definition) is 0. The van der Waals surface area contributed by atoms with Crippen LogP contribution in [0.3, 0.4) is 0 Å². The van der Waals surface area contributed by atoms with E-state index in [0.717, 1.165) is 33.4 Å². The minimum Gasteiger partial charge on any atom is -0.467 e. The van der Waals surface area contributed by atoms with Crippen LogP contribution in [0.25, 0.3) is 10.8 Å². The van der Waals surface area contributed by atoms with Crippen LogP contribution in [0.5, 0.6) is 6.01 Å². The lowest BCUT2D eigenvalue weighted by atomic mass is 9.94. The Labute approximate surface area is 253 Å². The average molecular weight is 591 g/mol. The first-order valence-corrected chi connectivity index (χ1v) is 14.7. The second kappa shape index (κ2) is 15.0. The molecule has 3 aliphatic heterocycles. The van der Waals surface area contributed by atoms with E-state index in [1.165, 1.54) is 38.9 Å². The first-order chi connectivity index (χ1) is 20.4. The molecule has 0 aliphatic carbocycles. The molecule has 2 saturated heterocycles. The predicted molar refractivity (Wildman–Crippen MR) is 166 cm³/mol. The van der Waals surface area contributed by atoms with Crippen molar-refractivity contribution in [1.29, 1.82) is 5.26 Å². The van der Waals surface area contributed by atoms with Gasteiger partial charge in [0.25, 0.3) is 0 Å².